The van der Waals surface area contributed by atoms with Crippen LogP contribution in [-0.2, 0) is 12.4 Å². The molecular weight excluding hydrogens is 302 g/mol. The van der Waals surface area contributed by atoms with Gasteiger partial charge < -0.3 is 4.74 Å². The molecule has 0 saturated carbocycles. The molecule has 2 rings (SSSR count). The SMILES string of the molecule is COc1ccc(-n2nc(C(F)(F)F)cc2C(F)(F)F)cc1. The summed E-state index contributed by atoms with van der Waals surface area (Å²) in [6.45, 7) is 0. The van der Waals surface area contributed by atoms with Gasteiger partial charge in [0.2, 0.25) is 0 Å². The maximum Gasteiger partial charge on any atom is 0.435 e. The average Bonchev–Trinajstić information content (AvgIpc) is 2.83. The van der Waals surface area contributed by atoms with E-state index >= 15 is 0 Å². The molecule has 1 aromatic carbocycles. The fraction of sp³-hybridized carbons (Fsp3) is 0.250. The van der Waals surface area contributed by atoms with E-state index in [0.29, 0.717) is 5.75 Å². The molecule has 0 spiro atoms. The van der Waals surface area contributed by atoms with Gasteiger partial charge >= 0.3 is 12.4 Å². The molecule has 0 fully saturated rings. The fourth-order valence-corrected chi connectivity index (χ4v) is 1.64. The van der Waals surface area contributed by atoms with Crippen molar-refractivity contribution < 1.29 is 31.1 Å². The van der Waals surface area contributed by atoms with Gasteiger partial charge in [-0.1, -0.05) is 0 Å². The number of rotatable bonds is 2. The van der Waals surface area contributed by atoms with E-state index in [1.54, 1.807) is 0 Å². The van der Waals surface area contributed by atoms with Gasteiger partial charge in [-0.15, -0.1) is 0 Å². The third-order valence-electron chi connectivity index (χ3n) is 2.61. The smallest absolute Gasteiger partial charge is 0.435 e. The van der Waals surface area contributed by atoms with Crippen LogP contribution in [0.3, 0.4) is 0 Å². The molecule has 1 aromatic heterocycles. The molecule has 0 saturated heterocycles. The molecule has 0 bridgehead atoms. The van der Waals surface area contributed by atoms with Crippen molar-refractivity contribution in [2.75, 3.05) is 7.11 Å². The summed E-state index contributed by atoms with van der Waals surface area (Å²) < 4.78 is 81.1. The number of methoxy groups -OCH3 is 1. The Hall–Kier alpha value is -2.19. The van der Waals surface area contributed by atoms with Crippen LogP contribution in [0.15, 0.2) is 30.3 Å². The molecule has 114 valence electrons. The van der Waals surface area contributed by atoms with E-state index in [1.807, 2.05) is 0 Å². The van der Waals surface area contributed by atoms with E-state index in [0.717, 1.165) is 0 Å². The summed E-state index contributed by atoms with van der Waals surface area (Å²) in [6, 6.07) is 4.99. The van der Waals surface area contributed by atoms with E-state index < -0.39 is 23.7 Å². The molecule has 1 heterocycles. The van der Waals surface area contributed by atoms with Crippen LogP contribution in [0.2, 0.25) is 0 Å². The molecule has 9 heteroatoms. The number of halogens is 6. The molecule has 21 heavy (non-hydrogen) atoms. The fourth-order valence-electron chi connectivity index (χ4n) is 1.64. The van der Waals surface area contributed by atoms with Gasteiger partial charge in [-0.3, -0.25) is 0 Å². The topological polar surface area (TPSA) is 27.1 Å². The van der Waals surface area contributed by atoms with Gasteiger partial charge in [0.05, 0.1) is 12.8 Å². The maximum atomic E-state index is 12.8. The summed E-state index contributed by atoms with van der Waals surface area (Å²) in [7, 11) is 1.35. The number of aromatic nitrogens is 2. The highest BCUT2D eigenvalue weighted by Crippen LogP contribution is 2.36. The zero-order valence-electron chi connectivity index (χ0n) is 10.5. The minimum atomic E-state index is -4.96. The van der Waals surface area contributed by atoms with Gasteiger partial charge in [-0.05, 0) is 24.3 Å². The Kier molecular flexibility index (Phi) is 3.60. The zero-order valence-corrected chi connectivity index (χ0v) is 10.5. The van der Waals surface area contributed by atoms with Crippen LogP contribution in [0.1, 0.15) is 11.4 Å². The molecular formula is C12H8F6N2O. The third-order valence-corrected chi connectivity index (χ3v) is 2.61. The second-order valence-electron chi connectivity index (χ2n) is 4.02. The first-order valence-corrected chi connectivity index (χ1v) is 5.52. The molecule has 0 aliphatic rings. The van der Waals surface area contributed by atoms with Gasteiger partial charge in [0.1, 0.15) is 11.4 Å². The monoisotopic (exact) mass is 310 g/mol. The number of alkyl halides is 6. The maximum absolute atomic E-state index is 12.8. The summed E-state index contributed by atoms with van der Waals surface area (Å²) in [4.78, 5) is 0. The lowest BCUT2D eigenvalue weighted by molar-refractivity contribution is -0.143. The van der Waals surface area contributed by atoms with Crippen molar-refractivity contribution >= 4 is 0 Å². The normalized spacial score (nSPS) is 12.5. The second kappa shape index (κ2) is 4.97. The lowest BCUT2D eigenvalue weighted by Crippen LogP contribution is -2.13. The first-order chi connectivity index (χ1) is 9.63. The highest BCUT2D eigenvalue weighted by atomic mass is 19.4. The van der Waals surface area contributed by atoms with Crippen molar-refractivity contribution in [3.05, 3.63) is 41.7 Å². The number of nitrogens with zero attached hydrogens (tertiary/aromatic N) is 2. The Morgan fingerprint density at radius 2 is 1.52 bits per heavy atom. The molecule has 0 unspecified atom stereocenters. The number of ether oxygens (including phenoxy) is 1. The molecule has 0 aliphatic heterocycles. The van der Waals surface area contributed by atoms with Gasteiger partial charge in [0.15, 0.2) is 5.69 Å². The van der Waals surface area contributed by atoms with Crippen molar-refractivity contribution in [3.63, 3.8) is 0 Å². The standard InChI is InChI=1S/C12H8F6N2O/c1-21-8-4-2-7(3-5-8)20-10(12(16,17)18)6-9(19-20)11(13,14)15/h2-6H,1H3. The van der Waals surface area contributed by atoms with Gasteiger partial charge in [0.25, 0.3) is 0 Å². The first kappa shape index (κ1) is 15.2. The summed E-state index contributed by atoms with van der Waals surface area (Å²) in [6.07, 6.45) is -9.92. The largest absolute Gasteiger partial charge is 0.497 e. The Balaban J connectivity index is 2.57. The molecule has 3 nitrogen and oxygen atoms in total. The van der Waals surface area contributed by atoms with E-state index in [-0.39, 0.29) is 16.4 Å². The minimum absolute atomic E-state index is 0.0236. The van der Waals surface area contributed by atoms with Crippen LogP contribution in [0.4, 0.5) is 26.3 Å². The average molecular weight is 310 g/mol. The van der Waals surface area contributed by atoms with E-state index in [2.05, 4.69) is 5.10 Å². The summed E-state index contributed by atoms with van der Waals surface area (Å²) in [5.74, 6) is 0.357. The Morgan fingerprint density at radius 3 is 1.95 bits per heavy atom. The van der Waals surface area contributed by atoms with Crippen molar-refractivity contribution in [1.29, 1.82) is 0 Å². The highest BCUT2D eigenvalue weighted by molar-refractivity contribution is 5.39. The van der Waals surface area contributed by atoms with Crippen molar-refractivity contribution in [2.24, 2.45) is 0 Å². The molecule has 2 aromatic rings. The van der Waals surface area contributed by atoms with E-state index in [4.69, 9.17) is 4.74 Å². The van der Waals surface area contributed by atoms with Crippen LogP contribution in [0, 0.1) is 0 Å². The lowest BCUT2D eigenvalue weighted by Gasteiger charge is -2.10. The van der Waals surface area contributed by atoms with Crippen molar-refractivity contribution in [1.82, 2.24) is 9.78 Å². The van der Waals surface area contributed by atoms with E-state index in [9.17, 15) is 26.3 Å². The van der Waals surface area contributed by atoms with Crippen molar-refractivity contribution in [3.8, 4) is 11.4 Å². The van der Waals surface area contributed by atoms with Crippen molar-refractivity contribution in [2.45, 2.75) is 12.4 Å². The van der Waals surface area contributed by atoms with Gasteiger partial charge in [0, 0.05) is 6.07 Å². The number of benzene rings is 1. The Morgan fingerprint density at radius 1 is 0.952 bits per heavy atom. The summed E-state index contributed by atoms with van der Waals surface area (Å²) >= 11 is 0. The van der Waals surface area contributed by atoms with Crippen LogP contribution in [0.25, 0.3) is 5.69 Å². The third kappa shape index (κ3) is 3.11. The number of hydrogen-bond acceptors (Lipinski definition) is 2. The van der Waals surface area contributed by atoms with Crippen LogP contribution in [-0.4, -0.2) is 16.9 Å². The Bertz CT molecular complexity index is 627. The Labute approximate surface area is 114 Å². The highest BCUT2D eigenvalue weighted by Gasteiger charge is 2.42. The van der Waals surface area contributed by atoms with Gasteiger partial charge in [-0.2, -0.15) is 31.4 Å². The predicted molar refractivity (Wildman–Crippen MR) is 60.1 cm³/mol. The van der Waals surface area contributed by atoms with Crippen LogP contribution in [0.5, 0.6) is 5.75 Å². The molecule has 0 N–H and O–H groups in total. The van der Waals surface area contributed by atoms with Crippen LogP contribution >= 0.6 is 0 Å². The molecule has 0 aliphatic carbocycles. The lowest BCUT2D eigenvalue weighted by atomic mass is 10.3. The molecule has 0 radical (unpaired) electrons. The number of hydrogen-bond donors (Lipinski definition) is 0. The zero-order chi connectivity index (χ0) is 15.8. The predicted octanol–water partition coefficient (Wildman–Crippen LogP) is 3.92. The van der Waals surface area contributed by atoms with Gasteiger partial charge in [-0.25, -0.2) is 4.68 Å². The second-order valence-corrected chi connectivity index (χ2v) is 4.02. The van der Waals surface area contributed by atoms with Crippen LogP contribution < -0.4 is 4.74 Å². The summed E-state index contributed by atoms with van der Waals surface area (Å²) in [5.41, 5.74) is -3.26. The quantitative estimate of drug-likeness (QED) is 0.786. The molecule has 0 amide bonds. The van der Waals surface area contributed by atoms with E-state index in [1.165, 1.54) is 31.4 Å². The summed E-state index contributed by atoms with van der Waals surface area (Å²) in [5, 5.41) is 3.00. The first-order valence-electron chi connectivity index (χ1n) is 5.52. The molecule has 0 atom stereocenters. The minimum Gasteiger partial charge on any atom is -0.497 e.